The third kappa shape index (κ3) is 4.82. The summed E-state index contributed by atoms with van der Waals surface area (Å²) in [6, 6.07) is 15.1. The van der Waals surface area contributed by atoms with Gasteiger partial charge in [-0.1, -0.05) is 41.4 Å². The number of nitrogens with one attached hydrogen (secondary N) is 1. The summed E-state index contributed by atoms with van der Waals surface area (Å²) >= 11 is 13.6. The smallest absolute Gasteiger partial charge is 0.225 e. The fraction of sp³-hybridized carbons (Fsp3) is 0.238. The fourth-order valence-corrected chi connectivity index (χ4v) is 4.60. The summed E-state index contributed by atoms with van der Waals surface area (Å²) in [5.74, 6) is 0.897. The van der Waals surface area contributed by atoms with Crippen LogP contribution in [0.2, 0.25) is 10.0 Å². The summed E-state index contributed by atoms with van der Waals surface area (Å²) in [4.78, 5) is 12.3. The van der Waals surface area contributed by atoms with E-state index in [9.17, 15) is 10.1 Å². The molecule has 0 aromatic heterocycles. The number of carbonyl (C=O) groups excluding carboxylic acids is 1. The zero-order chi connectivity index (χ0) is 20.1. The molecular formula is C21H18Cl2N2O2S. The number of amides is 1. The molecule has 0 radical (unpaired) electrons. The van der Waals surface area contributed by atoms with E-state index in [1.165, 1.54) is 11.8 Å². The van der Waals surface area contributed by atoms with Gasteiger partial charge in [0.15, 0.2) is 0 Å². The molecule has 2 aromatic rings. The van der Waals surface area contributed by atoms with Crippen molar-refractivity contribution >= 4 is 40.9 Å². The number of hydrogen-bond acceptors (Lipinski definition) is 4. The van der Waals surface area contributed by atoms with Gasteiger partial charge in [-0.05, 0) is 42.3 Å². The Kier molecular flexibility index (Phi) is 6.90. The van der Waals surface area contributed by atoms with Gasteiger partial charge in [0.05, 0.1) is 23.3 Å². The van der Waals surface area contributed by atoms with E-state index in [0.717, 1.165) is 16.9 Å². The number of nitriles is 1. The number of rotatable bonds is 6. The van der Waals surface area contributed by atoms with Gasteiger partial charge in [-0.25, -0.2) is 0 Å². The van der Waals surface area contributed by atoms with Crippen molar-refractivity contribution in [1.82, 2.24) is 5.32 Å². The van der Waals surface area contributed by atoms with Crippen molar-refractivity contribution in [3.63, 3.8) is 0 Å². The summed E-state index contributed by atoms with van der Waals surface area (Å²) < 4.78 is 5.47. The lowest BCUT2D eigenvalue weighted by Gasteiger charge is -2.25. The van der Waals surface area contributed by atoms with Gasteiger partial charge in [-0.15, -0.1) is 11.8 Å². The molecule has 0 spiro atoms. The first-order valence-corrected chi connectivity index (χ1v) is 10.5. The first-order valence-electron chi connectivity index (χ1n) is 8.75. The van der Waals surface area contributed by atoms with E-state index in [4.69, 9.17) is 27.9 Å². The predicted octanol–water partition coefficient (Wildman–Crippen LogP) is 5.66. The van der Waals surface area contributed by atoms with Gasteiger partial charge in [0.25, 0.3) is 0 Å². The molecule has 1 N–H and O–H groups in total. The molecule has 0 unspecified atom stereocenters. The maximum Gasteiger partial charge on any atom is 0.225 e. The topological polar surface area (TPSA) is 62.1 Å². The van der Waals surface area contributed by atoms with Gasteiger partial charge in [0, 0.05) is 28.1 Å². The molecule has 0 fully saturated rings. The Morgan fingerprint density at radius 1 is 1.25 bits per heavy atom. The van der Waals surface area contributed by atoms with E-state index in [1.54, 1.807) is 12.1 Å². The highest BCUT2D eigenvalue weighted by Crippen LogP contribution is 2.38. The summed E-state index contributed by atoms with van der Waals surface area (Å²) in [7, 11) is 0. The van der Waals surface area contributed by atoms with Crippen molar-refractivity contribution in [3.8, 4) is 11.8 Å². The number of thioether (sulfide) groups is 1. The summed E-state index contributed by atoms with van der Waals surface area (Å²) in [5, 5.41) is 14.3. The number of hydrogen-bond donors (Lipinski definition) is 1. The molecule has 1 atom stereocenters. The quantitative estimate of drug-likeness (QED) is 0.638. The van der Waals surface area contributed by atoms with E-state index in [-0.39, 0.29) is 18.2 Å². The highest BCUT2D eigenvalue weighted by molar-refractivity contribution is 8.02. The van der Waals surface area contributed by atoms with Crippen molar-refractivity contribution in [1.29, 1.82) is 5.26 Å². The van der Waals surface area contributed by atoms with Crippen LogP contribution in [-0.4, -0.2) is 12.5 Å². The van der Waals surface area contributed by atoms with Gasteiger partial charge >= 0.3 is 0 Å². The minimum Gasteiger partial charge on any atom is -0.494 e. The van der Waals surface area contributed by atoms with Crippen LogP contribution < -0.4 is 10.1 Å². The minimum atomic E-state index is -0.280. The second-order valence-corrected chi connectivity index (χ2v) is 8.02. The summed E-state index contributed by atoms with van der Waals surface area (Å²) in [6.45, 7) is 2.51. The van der Waals surface area contributed by atoms with Crippen molar-refractivity contribution in [2.75, 3.05) is 6.61 Å². The van der Waals surface area contributed by atoms with E-state index in [2.05, 4.69) is 11.4 Å². The van der Waals surface area contributed by atoms with Gasteiger partial charge < -0.3 is 10.1 Å². The highest BCUT2D eigenvalue weighted by atomic mass is 35.5. The minimum absolute atomic E-state index is 0.109. The molecular weight excluding hydrogens is 415 g/mol. The Labute approximate surface area is 178 Å². The number of benzene rings is 2. The second-order valence-electron chi connectivity index (χ2n) is 6.19. The molecule has 1 heterocycles. The van der Waals surface area contributed by atoms with Crippen LogP contribution >= 0.6 is 35.0 Å². The van der Waals surface area contributed by atoms with Crippen LogP contribution in [0.1, 0.15) is 30.4 Å². The SMILES string of the molecule is CCOc1ccc([C@@H]2CC(=O)NC(SCc3ccc(Cl)cc3Cl)=C2C#N)cc1. The number of carbonyl (C=O) groups is 1. The molecule has 4 nitrogen and oxygen atoms in total. The lowest BCUT2D eigenvalue weighted by Crippen LogP contribution is -2.30. The van der Waals surface area contributed by atoms with Crippen LogP contribution in [-0.2, 0) is 10.5 Å². The Morgan fingerprint density at radius 2 is 2.00 bits per heavy atom. The van der Waals surface area contributed by atoms with E-state index < -0.39 is 0 Å². The van der Waals surface area contributed by atoms with Crippen LogP contribution in [0.25, 0.3) is 0 Å². The largest absolute Gasteiger partial charge is 0.494 e. The first kappa shape index (κ1) is 20.6. The molecule has 144 valence electrons. The van der Waals surface area contributed by atoms with Crippen LogP contribution in [0.5, 0.6) is 5.75 Å². The average Bonchev–Trinajstić information content (AvgIpc) is 2.68. The molecule has 0 bridgehead atoms. The maximum absolute atomic E-state index is 12.3. The number of ether oxygens (including phenoxy) is 1. The van der Waals surface area contributed by atoms with Crippen molar-refractivity contribution in [2.24, 2.45) is 0 Å². The highest BCUT2D eigenvalue weighted by Gasteiger charge is 2.29. The third-order valence-corrected chi connectivity index (χ3v) is 5.99. The van der Waals surface area contributed by atoms with E-state index in [0.29, 0.717) is 33.0 Å². The van der Waals surface area contributed by atoms with Crippen molar-refractivity contribution < 1.29 is 9.53 Å². The average molecular weight is 433 g/mol. The second kappa shape index (κ2) is 9.38. The molecule has 2 aromatic carbocycles. The van der Waals surface area contributed by atoms with Crippen LogP contribution in [0.15, 0.2) is 53.1 Å². The molecule has 0 saturated heterocycles. The number of allylic oxidation sites excluding steroid dienone is 1. The lowest BCUT2D eigenvalue weighted by atomic mass is 9.87. The number of nitrogens with zero attached hydrogens (tertiary/aromatic N) is 1. The monoisotopic (exact) mass is 432 g/mol. The normalized spacial score (nSPS) is 16.5. The fourth-order valence-electron chi connectivity index (χ4n) is 2.97. The lowest BCUT2D eigenvalue weighted by molar-refractivity contribution is -0.120. The molecule has 1 aliphatic heterocycles. The maximum atomic E-state index is 12.3. The van der Waals surface area contributed by atoms with Crippen LogP contribution in [0, 0.1) is 11.3 Å². The van der Waals surface area contributed by atoms with Crippen LogP contribution in [0.3, 0.4) is 0 Å². The Balaban J connectivity index is 1.85. The third-order valence-electron chi connectivity index (χ3n) is 4.34. The van der Waals surface area contributed by atoms with E-state index in [1.807, 2.05) is 37.3 Å². The summed E-state index contributed by atoms with van der Waals surface area (Å²) in [6.07, 6.45) is 0.239. The van der Waals surface area contributed by atoms with Crippen LogP contribution in [0.4, 0.5) is 0 Å². The Bertz CT molecular complexity index is 952. The molecule has 0 aliphatic carbocycles. The van der Waals surface area contributed by atoms with Gasteiger partial charge in [-0.3, -0.25) is 4.79 Å². The van der Waals surface area contributed by atoms with Gasteiger partial charge in [0.1, 0.15) is 5.75 Å². The van der Waals surface area contributed by atoms with Gasteiger partial charge in [0.2, 0.25) is 5.91 Å². The molecule has 28 heavy (non-hydrogen) atoms. The molecule has 1 amide bonds. The molecule has 3 rings (SSSR count). The van der Waals surface area contributed by atoms with E-state index >= 15 is 0 Å². The number of halogens is 2. The predicted molar refractivity (Wildman–Crippen MR) is 114 cm³/mol. The van der Waals surface area contributed by atoms with Gasteiger partial charge in [-0.2, -0.15) is 5.26 Å². The summed E-state index contributed by atoms with van der Waals surface area (Å²) in [5.41, 5.74) is 2.36. The Morgan fingerprint density at radius 3 is 2.64 bits per heavy atom. The zero-order valence-corrected chi connectivity index (χ0v) is 17.5. The van der Waals surface area contributed by atoms with Crippen molar-refractivity contribution in [2.45, 2.75) is 25.0 Å². The molecule has 1 aliphatic rings. The van der Waals surface area contributed by atoms with Crippen molar-refractivity contribution in [3.05, 3.63) is 74.2 Å². The molecule has 7 heteroatoms. The molecule has 0 saturated carbocycles. The standard InChI is InChI=1S/C21H18Cl2N2O2S/c1-2-27-16-7-4-13(5-8-16)17-10-20(26)25-21(18(17)11-24)28-12-14-3-6-15(22)9-19(14)23/h3-9,17H,2,10,12H2,1H3,(H,25,26)/t17-/m0/s1. The zero-order valence-electron chi connectivity index (χ0n) is 15.2. The Hall–Kier alpha value is -2.13. The first-order chi connectivity index (χ1) is 13.5.